The molecule has 0 radical (unpaired) electrons. The molecule has 0 saturated carbocycles. The summed E-state index contributed by atoms with van der Waals surface area (Å²) in [7, 11) is 0. The molecule has 0 fully saturated rings. The Balaban J connectivity index is 1.92. The van der Waals surface area contributed by atoms with Crippen LogP contribution in [0.5, 0.6) is 0 Å². The van der Waals surface area contributed by atoms with Crippen molar-refractivity contribution in [3.05, 3.63) is 59.7 Å². The number of aromatic nitrogens is 2. The van der Waals surface area contributed by atoms with E-state index in [2.05, 4.69) is 15.3 Å². The largest absolute Gasteiger partial charge is 0.384 e. The van der Waals surface area contributed by atoms with Gasteiger partial charge in [-0.1, -0.05) is 30.3 Å². The number of rotatable bonds is 5. The molecule has 2 rings (SSSR count). The average Bonchev–Trinajstić information content (AvgIpc) is 2.40. The highest BCUT2D eigenvalue weighted by Gasteiger charge is 2.21. The van der Waals surface area contributed by atoms with Crippen LogP contribution in [0.1, 0.15) is 24.0 Å². The average molecular weight is 257 g/mol. The van der Waals surface area contributed by atoms with Crippen molar-refractivity contribution in [2.75, 3.05) is 6.54 Å². The van der Waals surface area contributed by atoms with E-state index >= 15 is 0 Å². The second-order valence-corrected chi connectivity index (χ2v) is 4.84. The van der Waals surface area contributed by atoms with Gasteiger partial charge in [0.15, 0.2) is 0 Å². The molecule has 2 N–H and O–H groups in total. The first-order chi connectivity index (χ1) is 9.08. The minimum Gasteiger partial charge on any atom is -0.384 e. The molecule has 0 spiro atoms. The Morgan fingerprint density at radius 3 is 2.63 bits per heavy atom. The zero-order valence-corrected chi connectivity index (χ0v) is 11.3. The van der Waals surface area contributed by atoms with Gasteiger partial charge >= 0.3 is 0 Å². The molecule has 0 saturated heterocycles. The first-order valence-electron chi connectivity index (χ1n) is 6.35. The second kappa shape index (κ2) is 5.91. The lowest BCUT2D eigenvalue weighted by molar-refractivity contribution is 0.0566. The molecule has 1 aromatic carbocycles. The molecule has 2 aromatic rings. The molecule has 1 atom stereocenters. The van der Waals surface area contributed by atoms with Gasteiger partial charge in [-0.25, -0.2) is 9.97 Å². The molecular formula is C15H19N3O. The molecule has 4 nitrogen and oxygen atoms in total. The molecule has 1 heterocycles. The Hall–Kier alpha value is -1.78. The molecule has 1 aromatic heterocycles. The van der Waals surface area contributed by atoms with Crippen LogP contribution in [0.2, 0.25) is 0 Å². The zero-order chi connectivity index (χ0) is 13.7. The molecule has 19 heavy (non-hydrogen) atoms. The summed E-state index contributed by atoms with van der Waals surface area (Å²) < 4.78 is 0. The van der Waals surface area contributed by atoms with Crippen LogP contribution in [0.3, 0.4) is 0 Å². The maximum absolute atomic E-state index is 10.4. The number of hydrogen-bond acceptors (Lipinski definition) is 4. The van der Waals surface area contributed by atoms with E-state index in [1.165, 1.54) is 0 Å². The van der Waals surface area contributed by atoms with Gasteiger partial charge in [0.25, 0.3) is 0 Å². The highest BCUT2D eigenvalue weighted by Crippen LogP contribution is 2.18. The number of benzene rings is 1. The summed E-state index contributed by atoms with van der Waals surface area (Å²) in [6.07, 6.45) is 1.74. The molecule has 1 unspecified atom stereocenters. The normalized spacial score (nSPS) is 14.1. The molecule has 0 amide bonds. The lowest BCUT2D eigenvalue weighted by Crippen LogP contribution is -2.35. The Kier molecular flexibility index (Phi) is 4.24. The number of aryl methyl sites for hydroxylation is 1. The van der Waals surface area contributed by atoms with Crippen LogP contribution in [0.15, 0.2) is 42.6 Å². The van der Waals surface area contributed by atoms with E-state index in [1.807, 2.05) is 43.3 Å². The van der Waals surface area contributed by atoms with Crippen molar-refractivity contribution >= 4 is 0 Å². The SMILES string of the molecule is Cc1nccc(CNCC(C)(O)c2ccccc2)n1. The van der Waals surface area contributed by atoms with Gasteiger partial charge in [0.2, 0.25) is 0 Å². The van der Waals surface area contributed by atoms with E-state index in [0.717, 1.165) is 17.1 Å². The molecule has 4 heteroatoms. The summed E-state index contributed by atoms with van der Waals surface area (Å²) in [5, 5.41) is 13.7. The number of aliphatic hydroxyl groups is 1. The predicted molar refractivity (Wildman–Crippen MR) is 74.5 cm³/mol. The summed E-state index contributed by atoms with van der Waals surface area (Å²) in [5.41, 5.74) is 0.946. The lowest BCUT2D eigenvalue weighted by Gasteiger charge is -2.24. The van der Waals surface area contributed by atoms with Crippen molar-refractivity contribution in [3.63, 3.8) is 0 Å². The van der Waals surface area contributed by atoms with Crippen LogP contribution >= 0.6 is 0 Å². The number of nitrogens with one attached hydrogen (secondary N) is 1. The van der Waals surface area contributed by atoms with Gasteiger partial charge in [0.05, 0.1) is 11.3 Å². The third-order valence-corrected chi connectivity index (χ3v) is 3.00. The zero-order valence-electron chi connectivity index (χ0n) is 11.3. The van der Waals surface area contributed by atoms with Gasteiger partial charge in [-0.15, -0.1) is 0 Å². The first-order valence-corrected chi connectivity index (χ1v) is 6.35. The van der Waals surface area contributed by atoms with Gasteiger partial charge < -0.3 is 10.4 Å². The molecule has 100 valence electrons. The van der Waals surface area contributed by atoms with Crippen molar-refractivity contribution < 1.29 is 5.11 Å². The predicted octanol–water partition coefficient (Wildman–Crippen LogP) is 1.78. The van der Waals surface area contributed by atoms with E-state index < -0.39 is 5.60 Å². The Morgan fingerprint density at radius 1 is 1.21 bits per heavy atom. The summed E-state index contributed by atoms with van der Waals surface area (Å²) in [6, 6.07) is 11.5. The minimum absolute atomic E-state index is 0.472. The topological polar surface area (TPSA) is 58.0 Å². The van der Waals surface area contributed by atoms with Crippen molar-refractivity contribution in [2.45, 2.75) is 26.0 Å². The van der Waals surface area contributed by atoms with Gasteiger partial charge in [-0.3, -0.25) is 0 Å². The lowest BCUT2D eigenvalue weighted by atomic mass is 9.96. The van der Waals surface area contributed by atoms with Crippen LogP contribution in [0, 0.1) is 6.92 Å². The summed E-state index contributed by atoms with van der Waals surface area (Å²) >= 11 is 0. The first kappa shape index (κ1) is 13.6. The van der Waals surface area contributed by atoms with Crippen LogP contribution < -0.4 is 5.32 Å². The van der Waals surface area contributed by atoms with E-state index in [9.17, 15) is 5.11 Å². The Morgan fingerprint density at radius 2 is 1.95 bits per heavy atom. The summed E-state index contributed by atoms with van der Waals surface area (Å²) in [5.74, 6) is 0.758. The fourth-order valence-corrected chi connectivity index (χ4v) is 1.94. The third kappa shape index (κ3) is 3.84. The highest BCUT2D eigenvalue weighted by molar-refractivity contribution is 5.21. The van der Waals surface area contributed by atoms with Crippen LogP contribution in [0.4, 0.5) is 0 Å². The molecule has 0 bridgehead atoms. The fraction of sp³-hybridized carbons (Fsp3) is 0.333. The van der Waals surface area contributed by atoms with Crippen molar-refractivity contribution in [2.24, 2.45) is 0 Å². The third-order valence-electron chi connectivity index (χ3n) is 3.00. The van der Waals surface area contributed by atoms with Crippen molar-refractivity contribution in [3.8, 4) is 0 Å². The minimum atomic E-state index is -0.886. The highest BCUT2D eigenvalue weighted by atomic mass is 16.3. The van der Waals surface area contributed by atoms with Gasteiger partial charge in [0.1, 0.15) is 5.82 Å². The van der Waals surface area contributed by atoms with Crippen molar-refractivity contribution in [1.29, 1.82) is 0 Å². The maximum atomic E-state index is 10.4. The molecule has 0 aliphatic heterocycles. The van der Waals surface area contributed by atoms with Gasteiger partial charge in [0, 0.05) is 19.3 Å². The molecule has 0 aliphatic rings. The summed E-state index contributed by atoms with van der Waals surface area (Å²) in [6.45, 7) is 4.76. The Bertz CT molecular complexity index is 526. The van der Waals surface area contributed by atoms with Crippen molar-refractivity contribution in [1.82, 2.24) is 15.3 Å². The molecule has 0 aliphatic carbocycles. The van der Waals surface area contributed by atoms with E-state index in [-0.39, 0.29) is 0 Å². The Labute approximate surface area is 113 Å². The van der Waals surface area contributed by atoms with Gasteiger partial charge in [-0.2, -0.15) is 0 Å². The number of hydrogen-bond donors (Lipinski definition) is 2. The van der Waals surface area contributed by atoms with Crippen LogP contribution in [-0.4, -0.2) is 21.6 Å². The van der Waals surface area contributed by atoms with Gasteiger partial charge in [-0.05, 0) is 25.5 Å². The second-order valence-electron chi connectivity index (χ2n) is 4.84. The monoisotopic (exact) mass is 257 g/mol. The fourth-order valence-electron chi connectivity index (χ4n) is 1.94. The van der Waals surface area contributed by atoms with Crippen LogP contribution in [0.25, 0.3) is 0 Å². The smallest absolute Gasteiger partial charge is 0.125 e. The van der Waals surface area contributed by atoms with E-state index in [1.54, 1.807) is 13.1 Å². The van der Waals surface area contributed by atoms with Crippen LogP contribution in [-0.2, 0) is 12.1 Å². The van der Waals surface area contributed by atoms with E-state index in [0.29, 0.717) is 13.1 Å². The maximum Gasteiger partial charge on any atom is 0.125 e. The molecular weight excluding hydrogens is 238 g/mol. The number of nitrogens with zero attached hydrogens (tertiary/aromatic N) is 2. The van der Waals surface area contributed by atoms with E-state index in [4.69, 9.17) is 0 Å². The summed E-state index contributed by atoms with van der Waals surface area (Å²) in [4.78, 5) is 8.37. The standard InChI is InChI=1S/C15H19N3O/c1-12-17-9-8-14(18-12)10-16-11-15(2,19)13-6-4-3-5-7-13/h3-9,16,19H,10-11H2,1-2H3. The quantitative estimate of drug-likeness (QED) is 0.857.